The number of carbonyl (C=O) groups excluding carboxylic acids is 7. The van der Waals surface area contributed by atoms with Crippen molar-refractivity contribution in [1.82, 2.24) is 26.2 Å². The zero-order chi connectivity index (χ0) is 51.1. The summed E-state index contributed by atoms with van der Waals surface area (Å²) in [6.45, 7) is 11.6. The molecule has 0 bridgehead atoms. The number of esters is 2. The summed E-state index contributed by atoms with van der Waals surface area (Å²) in [6.07, 6.45) is 1.18. The van der Waals surface area contributed by atoms with Gasteiger partial charge in [0.15, 0.2) is 11.4 Å². The van der Waals surface area contributed by atoms with E-state index in [0.29, 0.717) is 44.9 Å². The molecule has 70 heavy (non-hydrogen) atoms. The van der Waals surface area contributed by atoms with Crippen LogP contribution in [0.3, 0.4) is 0 Å². The number of nitrogens with zero attached hydrogens (tertiary/aromatic N) is 1. The fourth-order valence-corrected chi connectivity index (χ4v) is 8.28. The highest BCUT2D eigenvalue weighted by Gasteiger charge is 2.42. The van der Waals surface area contributed by atoms with Gasteiger partial charge in [-0.25, -0.2) is 0 Å². The molecule has 3 aromatic carbocycles. The molecule has 1 fully saturated rings. The van der Waals surface area contributed by atoms with Crippen LogP contribution in [-0.4, -0.2) is 120 Å². The van der Waals surface area contributed by atoms with E-state index in [1.54, 1.807) is 31.4 Å². The molecule has 1 aliphatic rings. The van der Waals surface area contributed by atoms with E-state index >= 15 is 0 Å². The lowest BCUT2D eigenvalue weighted by Crippen LogP contribution is -2.60. The molecule has 5 atom stereocenters. The van der Waals surface area contributed by atoms with Gasteiger partial charge in [0.05, 0.1) is 45.8 Å². The van der Waals surface area contributed by atoms with Gasteiger partial charge in [-0.2, -0.15) is 0 Å². The summed E-state index contributed by atoms with van der Waals surface area (Å²) in [4.78, 5) is 98.8. The van der Waals surface area contributed by atoms with E-state index in [-0.39, 0.29) is 73.8 Å². The summed E-state index contributed by atoms with van der Waals surface area (Å²) in [5.74, 6) is -3.32. The molecule has 3 aromatic rings. The van der Waals surface area contributed by atoms with E-state index in [9.17, 15) is 33.6 Å². The fourth-order valence-electron chi connectivity index (χ4n) is 7.75. The predicted octanol–water partition coefficient (Wildman–Crippen LogP) is 5.45. The van der Waals surface area contributed by atoms with Gasteiger partial charge in [0.2, 0.25) is 23.6 Å². The van der Waals surface area contributed by atoms with Gasteiger partial charge < -0.3 is 40.2 Å². The molecule has 1 heterocycles. The normalized spacial score (nSPS) is 15.3. The summed E-state index contributed by atoms with van der Waals surface area (Å²) in [5.41, 5.74) is 0.770. The number of ketones is 1. The van der Waals surface area contributed by atoms with Crippen molar-refractivity contribution in [3.8, 4) is 5.75 Å². The van der Waals surface area contributed by atoms with Crippen molar-refractivity contribution in [2.24, 2.45) is 11.8 Å². The number of hydrogen-bond donors (Lipinski definition) is 4. The van der Waals surface area contributed by atoms with Crippen LogP contribution < -0.4 is 26.0 Å². The van der Waals surface area contributed by atoms with Crippen molar-refractivity contribution in [2.75, 3.05) is 44.4 Å². The van der Waals surface area contributed by atoms with E-state index in [1.807, 2.05) is 116 Å². The number of amides is 4. The summed E-state index contributed by atoms with van der Waals surface area (Å²) < 4.78 is 21.8. The lowest BCUT2D eigenvalue weighted by atomic mass is 9.91. The number of nitrogens with one attached hydrogen (secondary N) is 4. The molecule has 16 nitrogen and oxygen atoms in total. The number of rotatable bonds is 29. The Kier molecular flexibility index (Phi) is 24.3. The highest BCUT2D eigenvalue weighted by Crippen LogP contribution is 2.23. The van der Waals surface area contributed by atoms with Crippen LogP contribution in [0.5, 0.6) is 5.75 Å². The van der Waals surface area contributed by atoms with Gasteiger partial charge in [-0.3, -0.25) is 38.5 Å². The van der Waals surface area contributed by atoms with E-state index in [4.69, 9.17) is 18.9 Å². The first-order valence-electron chi connectivity index (χ1n) is 24.2. The van der Waals surface area contributed by atoms with Crippen LogP contribution in [0.1, 0.15) is 89.8 Å². The van der Waals surface area contributed by atoms with Crippen LogP contribution >= 0.6 is 22.6 Å². The van der Waals surface area contributed by atoms with Crippen LogP contribution in [0.2, 0.25) is 0 Å². The minimum absolute atomic E-state index is 0.00314. The molecule has 0 saturated carbocycles. The van der Waals surface area contributed by atoms with Crippen molar-refractivity contribution in [3.63, 3.8) is 0 Å². The van der Waals surface area contributed by atoms with Crippen molar-refractivity contribution < 1.29 is 52.5 Å². The molecule has 0 aliphatic carbocycles. The van der Waals surface area contributed by atoms with Gasteiger partial charge >= 0.3 is 11.9 Å². The Hall–Kier alpha value is -5.40. The number of Topliss-reactive ketones (excluding diaryl/α,β-unsaturated/α-hetero) is 1. The Bertz CT molecular complexity index is 2140. The molecule has 0 aromatic heterocycles. The topological polar surface area (TPSA) is 208 Å². The van der Waals surface area contributed by atoms with Crippen LogP contribution in [-0.2, 0) is 67.2 Å². The van der Waals surface area contributed by atoms with Crippen molar-refractivity contribution in [1.29, 1.82) is 0 Å². The maximum absolute atomic E-state index is 14.5. The molecule has 4 N–H and O–H groups in total. The SMILES string of the molecule is COc1ccc(COC(=O)CCC(=O)O[C@](C)(CI)C(=O)[C@H](CCC(C)C)NC(=O)[C@H](Cc2ccccc2)NC(=O)C(CC(C)C)NC(=O)[C@H](CCc2ccccc2)NC(=O)CN2CCOCC2)cc1. The molecule has 0 spiro atoms. The third kappa shape index (κ3) is 20.1. The number of carbonyl (C=O) groups is 7. The van der Waals surface area contributed by atoms with Crippen LogP contribution in [0.4, 0.5) is 0 Å². The second-order valence-corrected chi connectivity index (χ2v) is 19.5. The maximum atomic E-state index is 14.5. The summed E-state index contributed by atoms with van der Waals surface area (Å²) in [7, 11) is 1.55. The average Bonchev–Trinajstić information content (AvgIpc) is 3.35. The van der Waals surface area contributed by atoms with Gasteiger partial charge in [0.1, 0.15) is 30.5 Å². The van der Waals surface area contributed by atoms with E-state index in [2.05, 4.69) is 21.3 Å². The first kappa shape index (κ1) is 57.2. The molecule has 17 heteroatoms. The summed E-state index contributed by atoms with van der Waals surface area (Å²) >= 11 is 1.96. The standard InChI is InChI=1S/C53H72IN5O11/c1-36(2)17-23-42(49(63)53(5,35-54)70-48(62)26-25-47(61)69-34-40-18-21-41(67-6)22-19-40)56-52(66)45(32-39-15-11-8-12-16-39)58-51(65)44(31-37(3)4)57-50(64)43(24-20-38-13-9-7-10-14-38)55-46(60)33-59-27-29-68-30-28-59/h7-16,18-19,21-22,36-37,42-45H,17,20,23-35H2,1-6H3,(H,55,60)(H,56,66)(H,57,64)(H,58,65)/t42-,43-,44?,45-,53+/m0/s1. The molecule has 1 unspecified atom stereocenters. The highest BCUT2D eigenvalue weighted by atomic mass is 127. The Balaban J connectivity index is 1.50. The maximum Gasteiger partial charge on any atom is 0.307 e. The molecule has 1 saturated heterocycles. The van der Waals surface area contributed by atoms with Gasteiger partial charge in [-0.1, -0.05) is 123 Å². The third-order valence-corrected chi connectivity index (χ3v) is 13.3. The Morgan fingerprint density at radius 2 is 1.23 bits per heavy atom. The van der Waals surface area contributed by atoms with E-state index in [1.165, 1.54) is 6.92 Å². The molecule has 382 valence electrons. The van der Waals surface area contributed by atoms with Gasteiger partial charge in [0.25, 0.3) is 0 Å². The van der Waals surface area contributed by atoms with Gasteiger partial charge in [-0.15, -0.1) is 0 Å². The lowest BCUT2D eigenvalue weighted by molar-refractivity contribution is -0.165. The number of benzene rings is 3. The van der Waals surface area contributed by atoms with Crippen molar-refractivity contribution in [3.05, 3.63) is 102 Å². The van der Waals surface area contributed by atoms with Crippen molar-refractivity contribution >= 4 is 63.9 Å². The van der Waals surface area contributed by atoms with E-state index < -0.39 is 65.2 Å². The summed E-state index contributed by atoms with van der Waals surface area (Å²) in [5, 5.41) is 11.6. The first-order valence-corrected chi connectivity index (χ1v) is 25.7. The fraction of sp³-hybridized carbons (Fsp3) is 0.528. The number of halogens is 1. The molecule has 0 radical (unpaired) electrons. The highest BCUT2D eigenvalue weighted by molar-refractivity contribution is 14.1. The number of methoxy groups -OCH3 is 1. The molecule has 4 amide bonds. The minimum Gasteiger partial charge on any atom is -0.497 e. The minimum atomic E-state index is -1.68. The van der Waals surface area contributed by atoms with Crippen molar-refractivity contribution in [2.45, 2.75) is 122 Å². The zero-order valence-corrected chi connectivity index (χ0v) is 43.6. The second-order valence-electron chi connectivity index (χ2n) is 18.7. The Labute approximate surface area is 426 Å². The second kappa shape index (κ2) is 29.7. The van der Waals surface area contributed by atoms with Crippen LogP contribution in [0, 0.1) is 11.8 Å². The predicted molar refractivity (Wildman–Crippen MR) is 274 cm³/mol. The first-order chi connectivity index (χ1) is 33.5. The summed E-state index contributed by atoms with van der Waals surface area (Å²) in [6, 6.07) is 21.3. The van der Waals surface area contributed by atoms with Gasteiger partial charge in [0, 0.05) is 23.9 Å². The molecule has 4 rings (SSSR count). The van der Waals surface area contributed by atoms with Gasteiger partial charge in [-0.05, 0) is 79.7 Å². The van der Waals surface area contributed by atoms with Crippen LogP contribution in [0.25, 0.3) is 0 Å². The molecule has 1 aliphatic heterocycles. The smallest absolute Gasteiger partial charge is 0.307 e. The third-order valence-electron chi connectivity index (χ3n) is 11.8. The lowest BCUT2D eigenvalue weighted by Gasteiger charge is -2.32. The number of morpholine rings is 1. The molecular formula is C53H72IN5O11. The Morgan fingerprint density at radius 1 is 0.657 bits per heavy atom. The quantitative estimate of drug-likeness (QED) is 0.0389. The number of alkyl halides is 1. The van der Waals surface area contributed by atoms with E-state index in [0.717, 1.165) is 16.7 Å². The number of hydrogen-bond acceptors (Lipinski definition) is 12. The Morgan fingerprint density at radius 3 is 1.83 bits per heavy atom. The molecular weight excluding hydrogens is 1010 g/mol. The monoisotopic (exact) mass is 1080 g/mol. The van der Waals surface area contributed by atoms with Crippen LogP contribution in [0.15, 0.2) is 84.9 Å². The number of ether oxygens (including phenoxy) is 4. The largest absolute Gasteiger partial charge is 0.497 e. The zero-order valence-electron chi connectivity index (χ0n) is 41.5. The average molecular weight is 1080 g/mol. The number of aryl methyl sites for hydroxylation is 1.